The fraction of sp³-hybridized carbons (Fsp3) is 0.417. The van der Waals surface area contributed by atoms with Gasteiger partial charge < -0.3 is 5.32 Å². The lowest BCUT2D eigenvalue weighted by Crippen LogP contribution is -2.18. The summed E-state index contributed by atoms with van der Waals surface area (Å²) >= 11 is 3.37. The van der Waals surface area contributed by atoms with Crippen molar-refractivity contribution in [3.05, 3.63) is 28.2 Å². The third-order valence-corrected chi connectivity index (χ3v) is 2.57. The van der Waals surface area contributed by atoms with Gasteiger partial charge in [0.05, 0.1) is 5.56 Å². The van der Waals surface area contributed by atoms with Gasteiger partial charge in [-0.15, -0.1) is 0 Å². The molecule has 15 heavy (non-hydrogen) atoms. The van der Waals surface area contributed by atoms with Gasteiger partial charge in [-0.2, -0.15) is 5.26 Å². The molecule has 0 fully saturated rings. The molecule has 0 bridgehead atoms. The molecule has 0 saturated carbocycles. The molecule has 3 heteroatoms. The van der Waals surface area contributed by atoms with Crippen LogP contribution < -0.4 is 5.32 Å². The summed E-state index contributed by atoms with van der Waals surface area (Å²) in [4.78, 5) is 0. The molecule has 1 aromatic carbocycles. The Labute approximate surface area is 99.4 Å². The van der Waals surface area contributed by atoms with E-state index in [1.54, 1.807) is 0 Å². The molecule has 0 atom stereocenters. The molecule has 0 heterocycles. The van der Waals surface area contributed by atoms with E-state index in [2.05, 4.69) is 48.1 Å². The molecule has 1 aromatic rings. The summed E-state index contributed by atoms with van der Waals surface area (Å²) in [6, 6.07) is 7.80. The number of anilines is 1. The molecule has 0 aliphatic rings. The predicted octanol–water partition coefficient (Wildman–Crippen LogP) is 3.78. The van der Waals surface area contributed by atoms with Crippen LogP contribution in [0, 0.1) is 16.7 Å². The van der Waals surface area contributed by atoms with E-state index in [4.69, 9.17) is 5.26 Å². The van der Waals surface area contributed by atoms with Crippen LogP contribution in [0.5, 0.6) is 0 Å². The molecule has 0 aliphatic carbocycles. The van der Waals surface area contributed by atoms with Gasteiger partial charge in [0.15, 0.2) is 0 Å². The van der Waals surface area contributed by atoms with Gasteiger partial charge in [0.25, 0.3) is 0 Å². The lowest BCUT2D eigenvalue weighted by Gasteiger charge is -2.19. The van der Waals surface area contributed by atoms with Crippen molar-refractivity contribution >= 4 is 21.6 Å². The van der Waals surface area contributed by atoms with E-state index in [1.165, 1.54) is 0 Å². The fourth-order valence-electron chi connectivity index (χ4n) is 1.08. The molecule has 1 N–H and O–H groups in total. The van der Waals surface area contributed by atoms with E-state index in [0.29, 0.717) is 5.56 Å². The van der Waals surface area contributed by atoms with Crippen molar-refractivity contribution < 1.29 is 0 Å². The standard InChI is InChI=1S/C12H15BrN2/c1-12(2,3)8-15-10-5-4-9(7-14)11(13)6-10/h4-6,15H,8H2,1-3H3. The highest BCUT2D eigenvalue weighted by Gasteiger charge is 2.09. The van der Waals surface area contributed by atoms with Crippen LogP contribution in [0.25, 0.3) is 0 Å². The number of hydrogen-bond acceptors (Lipinski definition) is 2. The maximum atomic E-state index is 8.77. The van der Waals surface area contributed by atoms with Crippen molar-refractivity contribution in [3.8, 4) is 6.07 Å². The van der Waals surface area contributed by atoms with E-state index in [9.17, 15) is 0 Å². The lowest BCUT2D eigenvalue weighted by molar-refractivity contribution is 0.443. The van der Waals surface area contributed by atoms with Crippen molar-refractivity contribution in [2.75, 3.05) is 11.9 Å². The predicted molar refractivity (Wildman–Crippen MR) is 66.8 cm³/mol. The molecule has 0 unspecified atom stereocenters. The Morgan fingerprint density at radius 3 is 2.53 bits per heavy atom. The van der Waals surface area contributed by atoms with E-state index in [1.807, 2.05) is 18.2 Å². The van der Waals surface area contributed by atoms with Crippen LogP contribution in [-0.4, -0.2) is 6.54 Å². The topological polar surface area (TPSA) is 35.8 Å². The number of nitriles is 1. The summed E-state index contributed by atoms with van der Waals surface area (Å²) in [7, 11) is 0. The lowest BCUT2D eigenvalue weighted by atomic mass is 9.97. The zero-order chi connectivity index (χ0) is 11.5. The summed E-state index contributed by atoms with van der Waals surface area (Å²) in [5.74, 6) is 0. The minimum Gasteiger partial charge on any atom is -0.384 e. The van der Waals surface area contributed by atoms with Crippen LogP contribution in [0.3, 0.4) is 0 Å². The summed E-state index contributed by atoms with van der Waals surface area (Å²) in [5.41, 5.74) is 1.95. The minimum absolute atomic E-state index is 0.250. The molecule has 0 aromatic heterocycles. The maximum absolute atomic E-state index is 8.77. The molecule has 80 valence electrons. The van der Waals surface area contributed by atoms with Gasteiger partial charge in [0.1, 0.15) is 6.07 Å². The molecular weight excluding hydrogens is 252 g/mol. The number of rotatable bonds is 2. The summed E-state index contributed by atoms with van der Waals surface area (Å²) in [5, 5.41) is 12.1. The Morgan fingerprint density at radius 2 is 2.07 bits per heavy atom. The first-order chi connectivity index (χ1) is 6.92. The van der Waals surface area contributed by atoms with Crippen LogP contribution in [0.4, 0.5) is 5.69 Å². The second-order valence-electron chi connectivity index (χ2n) is 4.72. The Balaban J connectivity index is 2.73. The second-order valence-corrected chi connectivity index (χ2v) is 5.57. The van der Waals surface area contributed by atoms with Crippen LogP contribution >= 0.6 is 15.9 Å². The zero-order valence-electron chi connectivity index (χ0n) is 9.26. The molecule has 0 amide bonds. The van der Waals surface area contributed by atoms with Gasteiger partial charge in [-0.1, -0.05) is 20.8 Å². The Morgan fingerprint density at radius 1 is 1.40 bits per heavy atom. The van der Waals surface area contributed by atoms with Crippen molar-refractivity contribution in [2.24, 2.45) is 5.41 Å². The van der Waals surface area contributed by atoms with Crippen molar-refractivity contribution in [2.45, 2.75) is 20.8 Å². The number of nitrogens with zero attached hydrogens (tertiary/aromatic N) is 1. The van der Waals surface area contributed by atoms with Crippen LogP contribution in [-0.2, 0) is 0 Å². The van der Waals surface area contributed by atoms with Crippen molar-refractivity contribution in [3.63, 3.8) is 0 Å². The fourth-order valence-corrected chi connectivity index (χ4v) is 1.55. The van der Waals surface area contributed by atoms with E-state index in [-0.39, 0.29) is 5.41 Å². The SMILES string of the molecule is CC(C)(C)CNc1ccc(C#N)c(Br)c1. The third kappa shape index (κ3) is 3.93. The van der Waals surface area contributed by atoms with Crippen LogP contribution in [0.1, 0.15) is 26.3 Å². The average Bonchev–Trinajstić information content (AvgIpc) is 2.14. The van der Waals surface area contributed by atoms with Crippen LogP contribution in [0.2, 0.25) is 0 Å². The number of halogens is 1. The molecule has 0 saturated heterocycles. The van der Waals surface area contributed by atoms with Gasteiger partial charge in [-0.05, 0) is 39.5 Å². The smallest absolute Gasteiger partial charge is 0.100 e. The van der Waals surface area contributed by atoms with E-state index < -0.39 is 0 Å². The monoisotopic (exact) mass is 266 g/mol. The number of hydrogen-bond donors (Lipinski definition) is 1. The highest BCUT2D eigenvalue weighted by Crippen LogP contribution is 2.22. The molecule has 1 rings (SSSR count). The van der Waals surface area contributed by atoms with Crippen molar-refractivity contribution in [1.82, 2.24) is 0 Å². The highest BCUT2D eigenvalue weighted by atomic mass is 79.9. The van der Waals surface area contributed by atoms with Gasteiger partial charge in [-0.3, -0.25) is 0 Å². The first-order valence-electron chi connectivity index (χ1n) is 4.86. The average molecular weight is 267 g/mol. The minimum atomic E-state index is 0.250. The largest absolute Gasteiger partial charge is 0.384 e. The first kappa shape index (κ1) is 12.1. The summed E-state index contributed by atoms with van der Waals surface area (Å²) < 4.78 is 0.837. The normalized spacial score (nSPS) is 10.9. The molecule has 0 aliphatic heterocycles. The van der Waals surface area contributed by atoms with Gasteiger partial charge in [-0.25, -0.2) is 0 Å². The molecule has 2 nitrogen and oxygen atoms in total. The maximum Gasteiger partial charge on any atom is 0.100 e. The molecular formula is C12H15BrN2. The van der Waals surface area contributed by atoms with Crippen LogP contribution in [0.15, 0.2) is 22.7 Å². The third-order valence-electron chi connectivity index (χ3n) is 1.91. The van der Waals surface area contributed by atoms with Gasteiger partial charge >= 0.3 is 0 Å². The Bertz CT molecular complexity index is 386. The Kier molecular flexibility index (Phi) is 3.76. The van der Waals surface area contributed by atoms with E-state index in [0.717, 1.165) is 16.7 Å². The van der Waals surface area contributed by atoms with E-state index >= 15 is 0 Å². The highest BCUT2D eigenvalue weighted by molar-refractivity contribution is 9.10. The van der Waals surface area contributed by atoms with Gasteiger partial charge in [0, 0.05) is 16.7 Å². The first-order valence-corrected chi connectivity index (χ1v) is 5.65. The molecule has 0 radical (unpaired) electrons. The quantitative estimate of drug-likeness (QED) is 0.885. The second kappa shape index (κ2) is 4.67. The molecule has 0 spiro atoms. The van der Waals surface area contributed by atoms with Gasteiger partial charge in [0.2, 0.25) is 0 Å². The Hall–Kier alpha value is -1.01. The zero-order valence-corrected chi connectivity index (χ0v) is 10.9. The number of benzene rings is 1. The summed E-state index contributed by atoms with van der Waals surface area (Å²) in [6.07, 6.45) is 0. The number of nitrogens with one attached hydrogen (secondary N) is 1. The van der Waals surface area contributed by atoms with Crippen molar-refractivity contribution in [1.29, 1.82) is 5.26 Å². The summed E-state index contributed by atoms with van der Waals surface area (Å²) in [6.45, 7) is 7.45.